The van der Waals surface area contributed by atoms with Crippen molar-refractivity contribution < 1.29 is 56.3 Å². The molecule has 7 unspecified atom stereocenters. The number of hydrogen-bond acceptors (Lipinski definition) is 11. The van der Waals surface area contributed by atoms with E-state index in [1.54, 1.807) is 91.0 Å². The molecule has 316 valence electrons. The van der Waals surface area contributed by atoms with E-state index in [0.717, 1.165) is 17.6 Å². The van der Waals surface area contributed by atoms with E-state index in [2.05, 4.69) is 13.2 Å². The SMILES string of the molecule is C=C1CC(CCC(=O)O)OC1CCC1CCC(=C)C(C[C@@H]2OC(CC(COC(=O)c3ccccc3)OC(=O)c3ccccc3)[C@H](OC)C2CS(=O)(=O)c2ccccc2)O1. The summed E-state index contributed by atoms with van der Waals surface area (Å²) >= 11 is 0. The zero-order valence-corrected chi connectivity index (χ0v) is 34.2. The maximum absolute atomic E-state index is 13.9. The molecular weight excluding hydrogens is 777 g/mol. The normalized spacial score (nSPS) is 26.3. The summed E-state index contributed by atoms with van der Waals surface area (Å²) in [6.07, 6.45) is 0.295. The minimum absolute atomic E-state index is 0.0447. The third-order valence-corrected chi connectivity index (χ3v) is 13.2. The second kappa shape index (κ2) is 20.5. The van der Waals surface area contributed by atoms with Gasteiger partial charge in [-0.25, -0.2) is 18.0 Å². The predicted octanol–water partition coefficient (Wildman–Crippen LogP) is 7.18. The molecule has 13 heteroatoms. The van der Waals surface area contributed by atoms with E-state index in [9.17, 15) is 22.8 Å². The standard InChI is InChI=1S/C46H54O12S/c1-30-19-20-34(21-23-39-31(2)25-35(56-39)22-24-43(47)48)55-40(30)27-41-38(29-59(51,52)37-17-11-6-12-18-37)44(53-3)42(58-41)26-36(57-46(50)33-15-9-5-10-16-33)28-54-45(49)32-13-7-4-8-14-32/h4-18,34-36,38-42,44H,1-2,19-29H2,3H3,(H,47,48)/t34?,35?,36?,38?,39?,40?,41-,42?,44+/m0/s1. The summed E-state index contributed by atoms with van der Waals surface area (Å²) in [6, 6.07) is 25.2. The number of aliphatic carboxylic acids is 1. The van der Waals surface area contributed by atoms with Crippen LogP contribution in [0, 0.1) is 5.92 Å². The first-order chi connectivity index (χ1) is 28.4. The number of hydrogen-bond donors (Lipinski definition) is 1. The molecule has 59 heavy (non-hydrogen) atoms. The van der Waals surface area contributed by atoms with E-state index in [-0.39, 0.29) is 48.4 Å². The lowest BCUT2D eigenvalue weighted by molar-refractivity contribution is -0.137. The average molecular weight is 831 g/mol. The number of benzene rings is 3. The van der Waals surface area contributed by atoms with E-state index >= 15 is 0 Å². The van der Waals surface area contributed by atoms with Crippen molar-refractivity contribution in [1.82, 2.24) is 0 Å². The number of methoxy groups -OCH3 is 1. The average Bonchev–Trinajstić information content (AvgIpc) is 3.76. The minimum Gasteiger partial charge on any atom is -0.481 e. The maximum Gasteiger partial charge on any atom is 0.338 e. The first-order valence-corrected chi connectivity index (χ1v) is 21.9. The van der Waals surface area contributed by atoms with Gasteiger partial charge in [0.15, 0.2) is 9.84 Å². The molecule has 1 N–H and O–H groups in total. The first-order valence-electron chi connectivity index (χ1n) is 20.2. The number of carboxylic acid groups (broad SMARTS) is 1. The molecular formula is C46H54O12S. The summed E-state index contributed by atoms with van der Waals surface area (Å²) in [6.45, 7) is 8.23. The number of esters is 2. The van der Waals surface area contributed by atoms with Gasteiger partial charge in [-0.2, -0.15) is 0 Å². The Morgan fingerprint density at radius 2 is 1.41 bits per heavy atom. The van der Waals surface area contributed by atoms with Gasteiger partial charge >= 0.3 is 17.9 Å². The van der Waals surface area contributed by atoms with Gasteiger partial charge < -0.3 is 33.5 Å². The van der Waals surface area contributed by atoms with Crippen molar-refractivity contribution in [1.29, 1.82) is 0 Å². The van der Waals surface area contributed by atoms with Gasteiger partial charge in [0.25, 0.3) is 0 Å². The molecule has 3 aromatic carbocycles. The Kier molecular flexibility index (Phi) is 15.3. The van der Waals surface area contributed by atoms with Crippen LogP contribution in [0.5, 0.6) is 0 Å². The van der Waals surface area contributed by atoms with E-state index in [1.165, 1.54) is 7.11 Å². The summed E-state index contributed by atoms with van der Waals surface area (Å²) in [7, 11) is -2.31. The minimum atomic E-state index is -3.81. The molecule has 0 aromatic heterocycles. The highest BCUT2D eigenvalue weighted by Crippen LogP contribution is 2.40. The van der Waals surface area contributed by atoms with Crippen LogP contribution >= 0.6 is 0 Å². The van der Waals surface area contributed by atoms with Crippen molar-refractivity contribution in [3.8, 4) is 0 Å². The maximum atomic E-state index is 13.9. The lowest BCUT2D eigenvalue weighted by Gasteiger charge is -2.35. The predicted molar refractivity (Wildman–Crippen MR) is 219 cm³/mol. The second-order valence-corrected chi connectivity index (χ2v) is 17.6. The molecule has 3 aliphatic heterocycles. The Balaban J connectivity index is 1.19. The Hall–Kier alpha value is -4.66. The third kappa shape index (κ3) is 12.0. The Morgan fingerprint density at radius 1 is 0.780 bits per heavy atom. The molecule has 0 saturated carbocycles. The van der Waals surface area contributed by atoms with Crippen LogP contribution < -0.4 is 0 Å². The van der Waals surface area contributed by atoms with Gasteiger partial charge in [0.05, 0.1) is 64.5 Å². The summed E-state index contributed by atoms with van der Waals surface area (Å²) < 4.78 is 65.1. The van der Waals surface area contributed by atoms with Gasteiger partial charge in [-0.3, -0.25) is 4.79 Å². The molecule has 3 aliphatic rings. The Morgan fingerprint density at radius 3 is 2.05 bits per heavy atom. The van der Waals surface area contributed by atoms with Crippen molar-refractivity contribution in [2.75, 3.05) is 19.5 Å². The molecule has 3 heterocycles. The van der Waals surface area contributed by atoms with Crippen LogP contribution in [0.4, 0.5) is 0 Å². The van der Waals surface area contributed by atoms with Crippen molar-refractivity contribution in [3.63, 3.8) is 0 Å². The highest BCUT2D eigenvalue weighted by Gasteiger charge is 2.49. The molecule has 0 aliphatic carbocycles. The number of carbonyl (C=O) groups is 3. The fourth-order valence-corrected chi connectivity index (χ4v) is 9.93. The van der Waals surface area contributed by atoms with Crippen molar-refractivity contribution >= 4 is 27.7 Å². The smallest absolute Gasteiger partial charge is 0.338 e. The molecule has 3 saturated heterocycles. The molecule has 9 atom stereocenters. The van der Waals surface area contributed by atoms with Crippen LogP contribution in [-0.2, 0) is 43.1 Å². The van der Waals surface area contributed by atoms with Crippen molar-refractivity contribution in [3.05, 3.63) is 126 Å². The number of rotatable bonds is 19. The topological polar surface area (TPSA) is 161 Å². The molecule has 3 aromatic rings. The monoisotopic (exact) mass is 830 g/mol. The van der Waals surface area contributed by atoms with Gasteiger partial charge in [0.1, 0.15) is 12.7 Å². The summed E-state index contributed by atoms with van der Waals surface area (Å²) in [5.41, 5.74) is 2.49. The highest BCUT2D eigenvalue weighted by atomic mass is 32.2. The molecule has 0 amide bonds. The van der Waals surface area contributed by atoms with E-state index < -0.39 is 64.2 Å². The van der Waals surface area contributed by atoms with Crippen LogP contribution in [0.15, 0.2) is 120 Å². The van der Waals surface area contributed by atoms with Gasteiger partial charge in [-0.15, -0.1) is 0 Å². The highest BCUT2D eigenvalue weighted by molar-refractivity contribution is 7.91. The first kappa shape index (κ1) is 43.9. The quantitative estimate of drug-likeness (QED) is 0.0959. The summed E-state index contributed by atoms with van der Waals surface area (Å²) in [5.74, 6) is -2.98. The van der Waals surface area contributed by atoms with Gasteiger partial charge in [0, 0.05) is 32.3 Å². The summed E-state index contributed by atoms with van der Waals surface area (Å²) in [5, 5.41) is 9.10. The fourth-order valence-electron chi connectivity index (χ4n) is 8.26. The fraction of sp³-hybridized carbons (Fsp3) is 0.457. The summed E-state index contributed by atoms with van der Waals surface area (Å²) in [4.78, 5) is 37.6. The Labute approximate surface area is 346 Å². The van der Waals surface area contributed by atoms with E-state index in [0.29, 0.717) is 49.7 Å². The van der Waals surface area contributed by atoms with Crippen LogP contribution in [0.1, 0.15) is 78.5 Å². The largest absolute Gasteiger partial charge is 0.481 e. The Bertz CT molecular complexity index is 2000. The van der Waals surface area contributed by atoms with Crippen molar-refractivity contribution in [2.24, 2.45) is 5.92 Å². The lowest BCUT2D eigenvalue weighted by atomic mass is 9.88. The number of sulfone groups is 1. The second-order valence-electron chi connectivity index (χ2n) is 15.6. The van der Waals surface area contributed by atoms with Crippen LogP contribution in [0.3, 0.4) is 0 Å². The third-order valence-electron chi connectivity index (χ3n) is 11.4. The number of ether oxygens (including phenoxy) is 6. The number of carboxylic acids is 1. The van der Waals surface area contributed by atoms with Gasteiger partial charge in [0.2, 0.25) is 0 Å². The van der Waals surface area contributed by atoms with Crippen molar-refractivity contribution in [2.45, 2.75) is 112 Å². The molecule has 6 rings (SSSR count). The number of carbonyl (C=O) groups excluding carboxylic acids is 2. The zero-order chi connectivity index (χ0) is 41.9. The van der Waals surface area contributed by atoms with Crippen LogP contribution in [-0.4, -0.2) is 99.7 Å². The molecule has 3 fully saturated rings. The van der Waals surface area contributed by atoms with E-state index in [1.807, 2.05) is 0 Å². The lowest BCUT2D eigenvalue weighted by Crippen LogP contribution is -2.39. The molecule has 12 nitrogen and oxygen atoms in total. The van der Waals surface area contributed by atoms with E-state index in [4.69, 9.17) is 33.5 Å². The molecule has 0 bridgehead atoms. The van der Waals surface area contributed by atoms with Gasteiger partial charge in [-0.05, 0) is 86.1 Å². The van der Waals surface area contributed by atoms with Gasteiger partial charge in [-0.1, -0.05) is 67.8 Å². The molecule has 0 radical (unpaired) electrons. The van der Waals surface area contributed by atoms with Crippen LogP contribution in [0.2, 0.25) is 0 Å². The zero-order valence-electron chi connectivity index (χ0n) is 33.4. The molecule has 0 spiro atoms. The van der Waals surface area contributed by atoms with Crippen LogP contribution in [0.25, 0.3) is 0 Å².